The first-order valence-corrected chi connectivity index (χ1v) is 12.9. The number of ether oxygens (including phenoxy) is 1. The maximum Gasteiger partial charge on any atom is 0.407 e. The summed E-state index contributed by atoms with van der Waals surface area (Å²) in [6.45, 7) is 14.2. The second-order valence-corrected chi connectivity index (χ2v) is 11.4. The molecule has 1 aromatic carbocycles. The van der Waals surface area contributed by atoms with Crippen molar-refractivity contribution in [3.8, 4) is 0 Å². The number of rotatable bonds is 8. The third kappa shape index (κ3) is 6.25. The second kappa shape index (κ2) is 10.4. The van der Waals surface area contributed by atoms with Crippen molar-refractivity contribution in [2.75, 3.05) is 11.4 Å². The number of nitrogens with one attached hydrogen (secondary N) is 1. The molecule has 8 nitrogen and oxygen atoms in total. The largest absolute Gasteiger partial charge is 0.444 e. The van der Waals surface area contributed by atoms with Gasteiger partial charge >= 0.3 is 6.09 Å². The average molecular weight is 501 g/mol. The maximum atomic E-state index is 12.6. The normalized spacial score (nSPS) is 15.6. The monoisotopic (exact) mass is 500 g/mol. The zero-order chi connectivity index (χ0) is 26.0. The van der Waals surface area contributed by atoms with Crippen LogP contribution in [0.3, 0.4) is 0 Å². The van der Waals surface area contributed by atoms with Gasteiger partial charge in [0.25, 0.3) is 0 Å². The van der Waals surface area contributed by atoms with Gasteiger partial charge in [-0.3, -0.25) is 19.2 Å². The number of aryl methyl sites for hydroxylation is 1. The summed E-state index contributed by atoms with van der Waals surface area (Å²) in [5, 5.41) is 7.58. The van der Waals surface area contributed by atoms with Crippen LogP contribution in [0.5, 0.6) is 0 Å². The van der Waals surface area contributed by atoms with E-state index in [1.54, 1.807) is 25.6 Å². The number of aromatic nitrogens is 2. The van der Waals surface area contributed by atoms with Crippen molar-refractivity contribution >= 4 is 35.4 Å². The number of anilines is 1. The molecule has 1 aliphatic rings. The molecule has 0 unspecified atom stereocenters. The Balaban J connectivity index is 1.73. The van der Waals surface area contributed by atoms with Crippen LogP contribution in [0.25, 0.3) is 0 Å². The molecule has 1 saturated heterocycles. The molecule has 0 aliphatic carbocycles. The lowest BCUT2D eigenvalue weighted by Gasteiger charge is -2.19. The van der Waals surface area contributed by atoms with Crippen LogP contribution in [-0.2, 0) is 33.7 Å². The predicted octanol–water partition coefficient (Wildman–Crippen LogP) is 4.97. The summed E-state index contributed by atoms with van der Waals surface area (Å²) in [6.07, 6.45) is 1.37. The van der Waals surface area contributed by atoms with Gasteiger partial charge in [0.1, 0.15) is 5.60 Å². The maximum absolute atomic E-state index is 12.6. The molecule has 9 heteroatoms. The van der Waals surface area contributed by atoms with Gasteiger partial charge in [0.15, 0.2) is 0 Å². The van der Waals surface area contributed by atoms with Crippen LogP contribution in [0.1, 0.15) is 66.3 Å². The van der Waals surface area contributed by atoms with Crippen molar-refractivity contribution in [3.63, 3.8) is 0 Å². The molecule has 3 rings (SSSR count). The summed E-state index contributed by atoms with van der Waals surface area (Å²) in [5.74, 6) is -0.325. The summed E-state index contributed by atoms with van der Waals surface area (Å²) in [5.41, 5.74) is 1.51. The van der Waals surface area contributed by atoms with E-state index in [4.69, 9.17) is 9.84 Å². The van der Waals surface area contributed by atoms with Crippen LogP contribution in [0.15, 0.2) is 34.1 Å². The number of imide groups is 1. The third-order valence-corrected chi connectivity index (χ3v) is 6.86. The predicted molar refractivity (Wildman–Crippen MR) is 137 cm³/mol. The van der Waals surface area contributed by atoms with Crippen molar-refractivity contribution in [2.45, 2.75) is 89.7 Å². The van der Waals surface area contributed by atoms with Crippen LogP contribution in [-0.4, -0.2) is 39.8 Å². The Kier molecular flexibility index (Phi) is 7.99. The van der Waals surface area contributed by atoms with Gasteiger partial charge in [0.05, 0.1) is 33.9 Å². The average Bonchev–Trinajstić information content (AvgIpc) is 3.19. The lowest BCUT2D eigenvalue weighted by atomic mass is 9.92. The van der Waals surface area contributed by atoms with Gasteiger partial charge < -0.3 is 10.1 Å². The van der Waals surface area contributed by atoms with E-state index in [1.165, 1.54) is 4.90 Å². The lowest BCUT2D eigenvalue weighted by molar-refractivity contribution is -0.124. The number of nitrogens with zero attached hydrogens (tertiary/aromatic N) is 3. The summed E-state index contributed by atoms with van der Waals surface area (Å²) >= 11 is 1.63. The Hall–Kier alpha value is -2.81. The van der Waals surface area contributed by atoms with E-state index < -0.39 is 17.1 Å². The number of carbonyl (C=O) groups excluding carboxylic acids is 3. The highest BCUT2D eigenvalue weighted by molar-refractivity contribution is 7.99. The highest BCUT2D eigenvalue weighted by Gasteiger charge is 2.45. The smallest absolute Gasteiger partial charge is 0.407 e. The van der Waals surface area contributed by atoms with Crippen molar-refractivity contribution in [3.05, 3.63) is 35.7 Å². The van der Waals surface area contributed by atoms with Gasteiger partial charge in [-0.1, -0.05) is 39.5 Å². The Morgan fingerprint density at radius 2 is 1.80 bits per heavy atom. The number of alkyl carbamates (subject to hydrolysis) is 1. The standard InChI is InChI=1S/C26H36N4O4S/c1-8-19-22(20(9-2)29(28-19)15-14-27-24(33)34-25(3,4)5)35-18-12-10-17(11-13-18)30-21(31)16-26(6,7)23(30)32/h10-13H,8-9,14-16H2,1-7H3,(H,27,33). The molecule has 0 spiro atoms. The molecule has 35 heavy (non-hydrogen) atoms. The van der Waals surface area contributed by atoms with E-state index in [9.17, 15) is 14.4 Å². The third-order valence-electron chi connectivity index (χ3n) is 5.68. The molecule has 1 N–H and O–H groups in total. The Morgan fingerprint density at radius 3 is 2.31 bits per heavy atom. The number of hydrogen-bond acceptors (Lipinski definition) is 6. The van der Waals surface area contributed by atoms with Gasteiger partial charge in [-0.05, 0) is 57.9 Å². The van der Waals surface area contributed by atoms with E-state index in [0.717, 1.165) is 34.0 Å². The van der Waals surface area contributed by atoms with Crippen molar-refractivity contribution in [2.24, 2.45) is 5.41 Å². The van der Waals surface area contributed by atoms with E-state index in [2.05, 4.69) is 19.2 Å². The minimum Gasteiger partial charge on any atom is -0.444 e. The van der Waals surface area contributed by atoms with Gasteiger partial charge in [0, 0.05) is 17.9 Å². The minimum atomic E-state index is -0.663. The number of benzene rings is 1. The summed E-state index contributed by atoms with van der Waals surface area (Å²) in [6, 6.07) is 7.52. The summed E-state index contributed by atoms with van der Waals surface area (Å²) in [4.78, 5) is 40.4. The Bertz CT molecular complexity index is 1100. The minimum absolute atomic E-state index is 0.161. The fourth-order valence-corrected chi connectivity index (χ4v) is 5.16. The van der Waals surface area contributed by atoms with Crippen LogP contribution >= 0.6 is 11.8 Å². The molecule has 0 bridgehead atoms. The molecular weight excluding hydrogens is 464 g/mol. The quantitative estimate of drug-likeness (QED) is 0.514. The molecule has 2 heterocycles. The zero-order valence-electron chi connectivity index (χ0n) is 21.7. The van der Waals surface area contributed by atoms with E-state index in [-0.39, 0.29) is 18.2 Å². The molecule has 1 aliphatic heterocycles. The molecule has 2 aromatic rings. The SMILES string of the molecule is CCc1nn(CCNC(=O)OC(C)(C)C)c(CC)c1Sc1ccc(N2C(=O)CC(C)(C)C2=O)cc1. The first-order valence-electron chi connectivity index (χ1n) is 12.1. The first-order chi connectivity index (χ1) is 16.4. The second-order valence-electron chi connectivity index (χ2n) is 10.3. The van der Waals surface area contributed by atoms with Crippen LogP contribution in [0, 0.1) is 5.41 Å². The van der Waals surface area contributed by atoms with Crippen molar-refractivity contribution in [1.82, 2.24) is 15.1 Å². The fraction of sp³-hybridized carbons (Fsp3) is 0.538. The lowest BCUT2D eigenvalue weighted by Crippen LogP contribution is -2.34. The molecule has 190 valence electrons. The topological polar surface area (TPSA) is 93.5 Å². The van der Waals surface area contributed by atoms with Crippen molar-refractivity contribution < 1.29 is 19.1 Å². The molecule has 0 saturated carbocycles. The van der Waals surface area contributed by atoms with E-state index in [1.807, 2.05) is 49.7 Å². The van der Waals surface area contributed by atoms with E-state index >= 15 is 0 Å². The molecule has 0 atom stereocenters. The highest BCUT2D eigenvalue weighted by Crippen LogP contribution is 2.38. The highest BCUT2D eigenvalue weighted by atomic mass is 32.2. The van der Waals surface area contributed by atoms with Gasteiger partial charge in [0.2, 0.25) is 11.8 Å². The van der Waals surface area contributed by atoms with Crippen LogP contribution in [0.2, 0.25) is 0 Å². The Labute approximate surface area is 211 Å². The Morgan fingerprint density at radius 1 is 1.14 bits per heavy atom. The number of hydrogen-bond donors (Lipinski definition) is 1. The summed E-state index contributed by atoms with van der Waals surface area (Å²) < 4.78 is 7.26. The molecule has 1 aromatic heterocycles. The van der Waals surface area contributed by atoms with Crippen LogP contribution in [0.4, 0.5) is 10.5 Å². The van der Waals surface area contributed by atoms with E-state index in [0.29, 0.717) is 18.8 Å². The van der Waals surface area contributed by atoms with Gasteiger partial charge in [-0.15, -0.1) is 0 Å². The van der Waals surface area contributed by atoms with Gasteiger partial charge in [-0.2, -0.15) is 5.10 Å². The number of amides is 3. The fourth-order valence-electron chi connectivity index (χ4n) is 3.98. The van der Waals surface area contributed by atoms with Crippen LogP contribution < -0.4 is 10.2 Å². The zero-order valence-corrected chi connectivity index (χ0v) is 22.5. The molecular formula is C26H36N4O4S. The molecule has 0 radical (unpaired) electrons. The van der Waals surface area contributed by atoms with Crippen molar-refractivity contribution in [1.29, 1.82) is 0 Å². The summed E-state index contributed by atoms with van der Waals surface area (Å²) in [7, 11) is 0. The molecule has 3 amide bonds. The first kappa shape index (κ1) is 26.8. The van der Waals surface area contributed by atoms with Gasteiger partial charge in [-0.25, -0.2) is 4.79 Å². The number of carbonyl (C=O) groups is 3. The molecule has 1 fully saturated rings.